The van der Waals surface area contributed by atoms with Crippen LogP contribution in [0.3, 0.4) is 0 Å². The minimum atomic E-state index is -3.49. The zero-order chi connectivity index (χ0) is 14.5. The molecule has 0 amide bonds. The Morgan fingerprint density at radius 3 is 2.32 bits per heavy atom. The summed E-state index contributed by atoms with van der Waals surface area (Å²) in [5.41, 5.74) is 1.06. The fourth-order valence-electron chi connectivity index (χ4n) is 1.60. The van der Waals surface area contributed by atoms with Gasteiger partial charge in [-0.05, 0) is 25.8 Å². The highest BCUT2D eigenvalue weighted by Gasteiger charge is 2.23. The lowest BCUT2D eigenvalue weighted by Crippen LogP contribution is -2.47. The molecular weight excluding hydrogens is 284 g/mol. The lowest BCUT2D eigenvalue weighted by Gasteiger charge is -2.24. The van der Waals surface area contributed by atoms with E-state index >= 15 is 0 Å². The smallest absolute Gasteiger partial charge is 0.198 e. The molecule has 0 aliphatic rings. The van der Waals surface area contributed by atoms with Crippen molar-refractivity contribution < 1.29 is 8.42 Å². The van der Waals surface area contributed by atoms with Crippen LogP contribution in [0.1, 0.15) is 19.4 Å². The first-order valence-corrected chi connectivity index (χ1v) is 8.19. The van der Waals surface area contributed by atoms with Gasteiger partial charge in [-0.3, -0.25) is 0 Å². The summed E-state index contributed by atoms with van der Waals surface area (Å²) in [6.45, 7) is 3.65. The first-order valence-electron chi connectivity index (χ1n) is 6.22. The van der Waals surface area contributed by atoms with Crippen LogP contribution in [0, 0.1) is 0 Å². The number of hydrogen-bond donors (Lipinski definition) is 1. The van der Waals surface area contributed by atoms with E-state index in [1.165, 1.54) is 4.31 Å². The van der Waals surface area contributed by atoms with Crippen molar-refractivity contribution in [2.24, 2.45) is 0 Å². The fraction of sp³-hybridized carbons (Fsp3) is 0.538. The lowest BCUT2D eigenvalue weighted by atomic mass is 10.1. The molecule has 1 rings (SSSR count). The summed E-state index contributed by atoms with van der Waals surface area (Å²) in [5.74, 6) is 0.236. The average molecular weight is 305 g/mol. The lowest BCUT2D eigenvalue weighted by molar-refractivity contribution is 0.397. The van der Waals surface area contributed by atoms with Gasteiger partial charge in [0.1, 0.15) is 0 Å². The summed E-state index contributed by atoms with van der Waals surface area (Å²) in [6, 6.07) is 9.29. The molecule has 1 atom stereocenters. The second-order valence-electron chi connectivity index (χ2n) is 4.77. The molecule has 4 nitrogen and oxygen atoms in total. The molecule has 0 heterocycles. The first-order chi connectivity index (χ1) is 8.86. The van der Waals surface area contributed by atoms with Crippen molar-refractivity contribution in [1.82, 2.24) is 9.03 Å². The Kier molecular flexibility index (Phi) is 6.26. The largest absolute Gasteiger partial charge is 0.279 e. The van der Waals surface area contributed by atoms with Crippen LogP contribution >= 0.6 is 11.6 Å². The van der Waals surface area contributed by atoms with Gasteiger partial charge in [-0.25, -0.2) is 0 Å². The second kappa shape index (κ2) is 7.24. The molecule has 19 heavy (non-hydrogen) atoms. The molecule has 0 saturated heterocycles. The van der Waals surface area contributed by atoms with E-state index in [0.29, 0.717) is 6.42 Å². The van der Waals surface area contributed by atoms with Gasteiger partial charge < -0.3 is 0 Å². The van der Waals surface area contributed by atoms with Gasteiger partial charge in [-0.15, -0.1) is 11.6 Å². The van der Waals surface area contributed by atoms with Crippen molar-refractivity contribution in [2.75, 3.05) is 12.9 Å². The van der Waals surface area contributed by atoms with E-state index in [-0.39, 0.29) is 18.0 Å². The molecule has 0 aliphatic carbocycles. The van der Waals surface area contributed by atoms with Crippen LogP contribution in [0.15, 0.2) is 30.3 Å². The summed E-state index contributed by atoms with van der Waals surface area (Å²) >= 11 is 5.86. The molecule has 0 aromatic heterocycles. The number of rotatable bonds is 7. The summed E-state index contributed by atoms with van der Waals surface area (Å²) in [7, 11) is -1.94. The molecule has 0 fully saturated rings. The van der Waals surface area contributed by atoms with Crippen molar-refractivity contribution in [3.63, 3.8) is 0 Å². The Hall–Kier alpha value is -0.620. The molecule has 0 bridgehead atoms. The molecule has 1 aromatic carbocycles. The van der Waals surface area contributed by atoms with Crippen LogP contribution in [0.2, 0.25) is 0 Å². The summed E-state index contributed by atoms with van der Waals surface area (Å²) in [5, 5.41) is 0. The maximum absolute atomic E-state index is 12.1. The minimum absolute atomic E-state index is 0.0924. The number of halogens is 1. The highest BCUT2D eigenvalue weighted by molar-refractivity contribution is 7.87. The van der Waals surface area contributed by atoms with E-state index < -0.39 is 10.2 Å². The number of nitrogens with zero attached hydrogens (tertiary/aromatic N) is 1. The Balaban J connectivity index is 2.72. The van der Waals surface area contributed by atoms with Gasteiger partial charge in [0.25, 0.3) is 10.2 Å². The third-order valence-electron chi connectivity index (χ3n) is 2.93. The SMILES string of the molecule is CC(C)N(C)S(=O)(=O)NC(CCl)Cc1ccccc1. The highest BCUT2D eigenvalue weighted by Crippen LogP contribution is 2.08. The third kappa shape index (κ3) is 5.10. The van der Waals surface area contributed by atoms with Gasteiger partial charge >= 0.3 is 0 Å². The molecule has 0 radical (unpaired) electrons. The predicted octanol–water partition coefficient (Wildman–Crippen LogP) is 2.01. The maximum atomic E-state index is 12.1. The third-order valence-corrected chi connectivity index (χ3v) is 5.12. The standard InChI is InChI=1S/C13H21ClN2O2S/c1-11(2)16(3)19(17,18)15-13(10-14)9-12-7-5-4-6-8-12/h4-8,11,13,15H,9-10H2,1-3H3. The van der Waals surface area contributed by atoms with Crippen LogP contribution in [0.25, 0.3) is 0 Å². The van der Waals surface area contributed by atoms with Gasteiger partial charge in [-0.1, -0.05) is 30.3 Å². The normalized spacial score (nSPS) is 14.0. The number of nitrogens with one attached hydrogen (secondary N) is 1. The molecule has 108 valence electrons. The molecule has 1 N–H and O–H groups in total. The van der Waals surface area contributed by atoms with Crippen LogP contribution in [0.5, 0.6) is 0 Å². The molecule has 1 aromatic rings. The van der Waals surface area contributed by atoms with Crippen molar-refractivity contribution >= 4 is 21.8 Å². The van der Waals surface area contributed by atoms with E-state index in [1.54, 1.807) is 7.05 Å². The molecule has 6 heteroatoms. The topological polar surface area (TPSA) is 49.4 Å². The predicted molar refractivity (Wildman–Crippen MR) is 79.6 cm³/mol. The summed E-state index contributed by atoms with van der Waals surface area (Å²) in [6.07, 6.45) is 0.579. The van der Waals surface area contributed by atoms with Gasteiger partial charge in [0, 0.05) is 25.0 Å². The Bertz CT molecular complexity index is 477. The maximum Gasteiger partial charge on any atom is 0.279 e. The molecule has 0 aliphatic heterocycles. The Morgan fingerprint density at radius 1 is 1.26 bits per heavy atom. The van der Waals surface area contributed by atoms with Crippen molar-refractivity contribution in [1.29, 1.82) is 0 Å². The van der Waals surface area contributed by atoms with Crippen molar-refractivity contribution in [3.05, 3.63) is 35.9 Å². The number of benzene rings is 1. The molecular formula is C13H21ClN2O2S. The zero-order valence-corrected chi connectivity index (χ0v) is 13.1. The number of hydrogen-bond acceptors (Lipinski definition) is 2. The van der Waals surface area contributed by atoms with Crippen molar-refractivity contribution in [3.8, 4) is 0 Å². The number of alkyl halides is 1. The fourth-order valence-corrected chi connectivity index (χ4v) is 3.18. The summed E-state index contributed by atoms with van der Waals surface area (Å²) in [4.78, 5) is 0. The van der Waals surface area contributed by atoms with E-state index in [9.17, 15) is 8.42 Å². The average Bonchev–Trinajstić information content (AvgIpc) is 2.37. The quantitative estimate of drug-likeness (QED) is 0.783. The Morgan fingerprint density at radius 2 is 1.84 bits per heavy atom. The monoisotopic (exact) mass is 304 g/mol. The molecule has 1 unspecified atom stereocenters. The highest BCUT2D eigenvalue weighted by atomic mass is 35.5. The van der Waals surface area contributed by atoms with E-state index in [4.69, 9.17) is 11.6 Å². The van der Waals surface area contributed by atoms with Gasteiger partial charge in [0.15, 0.2) is 0 Å². The van der Waals surface area contributed by atoms with Crippen LogP contribution < -0.4 is 4.72 Å². The van der Waals surface area contributed by atoms with E-state index in [2.05, 4.69) is 4.72 Å². The summed E-state index contributed by atoms with van der Waals surface area (Å²) < 4.78 is 28.1. The zero-order valence-electron chi connectivity index (χ0n) is 11.5. The van der Waals surface area contributed by atoms with E-state index in [1.807, 2.05) is 44.2 Å². The Labute approximate surface area is 120 Å². The van der Waals surface area contributed by atoms with Crippen LogP contribution in [-0.4, -0.2) is 37.7 Å². The van der Waals surface area contributed by atoms with Gasteiger partial charge in [-0.2, -0.15) is 17.4 Å². The first kappa shape index (κ1) is 16.4. The molecule has 0 spiro atoms. The van der Waals surface area contributed by atoms with Crippen molar-refractivity contribution in [2.45, 2.75) is 32.4 Å². The van der Waals surface area contributed by atoms with Crippen LogP contribution in [-0.2, 0) is 16.6 Å². The van der Waals surface area contributed by atoms with Crippen LogP contribution in [0.4, 0.5) is 0 Å². The van der Waals surface area contributed by atoms with Gasteiger partial charge in [0.2, 0.25) is 0 Å². The second-order valence-corrected chi connectivity index (χ2v) is 6.84. The molecule has 0 saturated carbocycles. The minimum Gasteiger partial charge on any atom is -0.198 e. The van der Waals surface area contributed by atoms with E-state index in [0.717, 1.165) is 5.56 Å². The van der Waals surface area contributed by atoms with Gasteiger partial charge in [0.05, 0.1) is 0 Å².